The number of rotatable bonds is 5. The van der Waals surface area contributed by atoms with Crippen LogP contribution >= 0.6 is 39.7 Å². The van der Waals surface area contributed by atoms with Gasteiger partial charge in [0.05, 0.1) is 27.2 Å². The van der Waals surface area contributed by atoms with Crippen molar-refractivity contribution in [2.24, 2.45) is 5.10 Å². The fraction of sp³-hybridized carbons (Fsp3) is 0.0909. The molecule has 4 aromatic rings. The number of nitrogens with zero attached hydrogens (tertiary/aromatic N) is 4. The predicted octanol–water partition coefficient (Wildman–Crippen LogP) is 6.85. The summed E-state index contributed by atoms with van der Waals surface area (Å²) < 4.78 is 13.5. The third-order valence-corrected chi connectivity index (χ3v) is 6.78. The molecule has 2 aromatic heterocycles. The molecule has 2 aromatic carbocycles. The van der Waals surface area contributed by atoms with Gasteiger partial charge in [-0.1, -0.05) is 18.2 Å². The fourth-order valence-electron chi connectivity index (χ4n) is 3.48. The minimum absolute atomic E-state index is 0. The van der Waals surface area contributed by atoms with Crippen molar-refractivity contribution in [3.05, 3.63) is 97.8 Å². The number of aromatic nitrogens is 1. The number of hydrogen-bond acceptors (Lipinski definition) is 7. The summed E-state index contributed by atoms with van der Waals surface area (Å²) >= 11 is 3.09. The van der Waals surface area contributed by atoms with Gasteiger partial charge >= 0.3 is 0 Å². The van der Waals surface area contributed by atoms with E-state index in [0.29, 0.717) is 11.6 Å². The monoisotopic (exact) mass is 530 g/mol. The van der Waals surface area contributed by atoms with E-state index in [0.717, 1.165) is 27.4 Å². The van der Waals surface area contributed by atoms with Crippen LogP contribution in [0.2, 0.25) is 0 Å². The average Bonchev–Trinajstić information content (AvgIpc) is 3.54. The van der Waals surface area contributed by atoms with Crippen molar-refractivity contribution in [2.45, 2.75) is 12.5 Å². The van der Waals surface area contributed by atoms with Crippen molar-refractivity contribution in [3.8, 4) is 11.3 Å². The van der Waals surface area contributed by atoms with Crippen LogP contribution in [-0.2, 0) is 0 Å². The van der Waals surface area contributed by atoms with Crippen LogP contribution in [0.1, 0.15) is 22.9 Å². The van der Waals surface area contributed by atoms with Gasteiger partial charge in [-0.2, -0.15) is 5.10 Å². The van der Waals surface area contributed by atoms with Gasteiger partial charge in [0.2, 0.25) is 5.13 Å². The molecule has 162 valence electrons. The highest BCUT2D eigenvalue weighted by atomic mass is 79.9. The standard InChI is InChI=1S/C22H15FN4O2S2.BrH/c23-16-7-3-15(4-8-16)20-12-18(21-2-1-11-30-21)25-26(20)22-24-19(13-31-22)14-5-9-17(10-6-14)27(28)29;/h1-11,13,20H,12H2;1H. The first-order valence-corrected chi connectivity index (χ1v) is 11.2. The van der Waals surface area contributed by atoms with Gasteiger partial charge in [0, 0.05) is 29.5 Å². The van der Waals surface area contributed by atoms with Crippen molar-refractivity contribution in [1.29, 1.82) is 0 Å². The highest BCUT2D eigenvalue weighted by Gasteiger charge is 2.32. The molecule has 0 aliphatic carbocycles. The second-order valence-electron chi connectivity index (χ2n) is 6.96. The van der Waals surface area contributed by atoms with Gasteiger partial charge in [-0.25, -0.2) is 14.4 Å². The topological polar surface area (TPSA) is 71.6 Å². The number of benzene rings is 2. The van der Waals surface area contributed by atoms with Crippen molar-refractivity contribution in [3.63, 3.8) is 0 Å². The Bertz CT molecular complexity index is 1260. The number of thiazole rings is 1. The fourth-order valence-corrected chi connectivity index (χ4v) is 5.03. The smallest absolute Gasteiger partial charge is 0.258 e. The Morgan fingerprint density at radius 3 is 2.47 bits per heavy atom. The van der Waals surface area contributed by atoms with Crippen LogP contribution in [0.5, 0.6) is 0 Å². The lowest BCUT2D eigenvalue weighted by molar-refractivity contribution is -0.384. The summed E-state index contributed by atoms with van der Waals surface area (Å²) in [6.07, 6.45) is 0.693. The van der Waals surface area contributed by atoms with Gasteiger partial charge in [-0.3, -0.25) is 10.1 Å². The molecular formula is C22H16BrFN4O2S2. The molecule has 0 fully saturated rings. The Labute approximate surface area is 201 Å². The molecular weight excluding hydrogens is 515 g/mol. The summed E-state index contributed by atoms with van der Waals surface area (Å²) in [7, 11) is 0. The lowest BCUT2D eigenvalue weighted by atomic mass is 10.0. The van der Waals surface area contributed by atoms with E-state index in [9.17, 15) is 14.5 Å². The summed E-state index contributed by atoms with van der Waals surface area (Å²) in [4.78, 5) is 16.3. The van der Waals surface area contributed by atoms with E-state index >= 15 is 0 Å². The van der Waals surface area contributed by atoms with E-state index in [4.69, 9.17) is 10.1 Å². The number of thiophene rings is 1. The lowest BCUT2D eigenvalue weighted by Gasteiger charge is -2.21. The van der Waals surface area contributed by atoms with Gasteiger partial charge in [-0.05, 0) is 41.3 Å². The molecule has 0 spiro atoms. The van der Waals surface area contributed by atoms with E-state index in [1.807, 2.05) is 27.9 Å². The van der Waals surface area contributed by atoms with Crippen LogP contribution in [0.25, 0.3) is 11.3 Å². The SMILES string of the molecule is Br.O=[N+]([O-])c1ccc(-c2csc(N3N=C(c4cccs4)CC3c3ccc(F)cc3)n2)cc1. The largest absolute Gasteiger partial charge is 0.269 e. The normalized spacial score (nSPS) is 15.3. The van der Waals surface area contributed by atoms with Crippen LogP contribution in [0.4, 0.5) is 15.2 Å². The second kappa shape index (κ2) is 9.27. The van der Waals surface area contributed by atoms with E-state index < -0.39 is 4.92 Å². The summed E-state index contributed by atoms with van der Waals surface area (Å²) in [5.74, 6) is -0.276. The summed E-state index contributed by atoms with van der Waals surface area (Å²) in [6.45, 7) is 0. The highest BCUT2D eigenvalue weighted by Crippen LogP contribution is 2.40. The van der Waals surface area contributed by atoms with E-state index in [1.165, 1.54) is 35.6 Å². The van der Waals surface area contributed by atoms with Crippen molar-refractivity contribution in [2.75, 3.05) is 5.01 Å². The van der Waals surface area contributed by atoms with Crippen LogP contribution in [0, 0.1) is 15.9 Å². The van der Waals surface area contributed by atoms with Crippen LogP contribution in [0.3, 0.4) is 0 Å². The first-order valence-electron chi connectivity index (χ1n) is 9.45. The molecule has 32 heavy (non-hydrogen) atoms. The molecule has 0 bridgehead atoms. The predicted molar refractivity (Wildman–Crippen MR) is 132 cm³/mol. The van der Waals surface area contributed by atoms with Crippen LogP contribution < -0.4 is 5.01 Å². The molecule has 0 radical (unpaired) electrons. The lowest BCUT2D eigenvalue weighted by Crippen LogP contribution is -2.18. The number of nitro groups is 1. The van der Waals surface area contributed by atoms with Crippen molar-refractivity contribution in [1.82, 2.24) is 4.98 Å². The Morgan fingerprint density at radius 1 is 1.06 bits per heavy atom. The number of non-ortho nitro benzene ring substituents is 1. The molecule has 0 saturated heterocycles. The Morgan fingerprint density at radius 2 is 1.81 bits per heavy atom. The zero-order valence-corrected chi connectivity index (χ0v) is 19.8. The summed E-state index contributed by atoms with van der Waals surface area (Å²) in [5, 5.41) is 22.3. The zero-order chi connectivity index (χ0) is 21.4. The highest BCUT2D eigenvalue weighted by molar-refractivity contribution is 8.93. The van der Waals surface area contributed by atoms with Gasteiger partial charge in [0.1, 0.15) is 5.82 Å². The molecule has 0 saturated carbocycles. The minimum Gasteiger partial charge on any atom is -0.258 e. The van der Waals surface area contributed by atoms with Gasteiger partial charge in [0.15, 0.2) is 0 Å². The van der Waals surface area contributed by atoms with Gasteiger partial charge in [-0.15, -0.1) is 39.7 Å². The van der Waals surface area contributed by atoms with Gasteiger partial charge < -0.3 is 0 Å². The maximum Gasteiger partial charge on any atom is 0.269 e. The quantitative estimate of drug-likeness (QED) is 0.209. The molecule has 0 N–H and O–H groups in total. The van der Waals surface area contributed by atoms with E-state index in [1.54, 1.807) is 35.6 Å². The number of nitro benzene ring substituents is 1. The first-order chi connectivity index (χ1) is 15.1. The minimum atomic E-state index is -0.422. The number of anilines is 1. The Kier molecular flexibility index (Phi) is 6.45. The summed E-state index contributed by atoms with van der Waals surface area (Å²) in [6, 6.07) is 16.8. The first kappa shape index (κ1) is 22.3. The third-order valence-electron chi connectivity index (χ3n) is 5.03. The van der Waals surface area contributed by atoms with Crippen molar-refractivity contribution < 1.29 is 9.31 Å². The molecule has 1 unspecified atom stereocenters. The molecule has 1 aliphatic heterocycles. The molecule has 10 heteroatoms. The zero-order valence-electron chi connectivity index (χ0n) is 16.4. The Hall–Kier alpha value is -2.95. The van der Waals surface area contributed by atoms with Crippen LogP contribution in [0.15, 0.2) is 76.5 Å². The number of hydrazone groups is 1. The third kappa shape index (κ3) is 4.34. The van der Waals surface area contributed by atoms with Crippen molar-refractivity contribution >= 4 is 56.2 Å². The molecule has 3 heterocycles. The molecule has 1 aliphatic rings. The van der Waals surface area contributed by atoms with Crippen LogP contribution in [-0.4, -0.2) is 15.6 Å². The molecule has 1 atom stereocenters. The second-order valence-corrected chi connectivity index (χ2v) is 8.74. The van der Waals surface area contributed by atoms with E-state index in [-0.39, 0.29) is 34.5 Å². The molecule has 6 nitrogen and oxygen atoms in total. The average molecular weight is 531 g/mol. The number of hydrogen-bond donors (Lipinski definition) is 0. The molecule has 5 rings (SSSR count). The van der Waals surface area contributed by atoms with E-state index in [2.05, 4.69) is 0 Å². The van der Waals surface area contributed by atoms with Gasteiger partial charge in [0.25, 0.3) is 5.69 Å². The maximum atomic E-state index is 13.5. The number of halogens is 2. The summed E-state index contributed by atoms with van der Waals surface area (Å²) in [5.41, 5.74) is 3.50. The molecule has 0 amide bonds. The maximum absolute atomic E-state index is 13.5. The Balaban J connectivity index is 0.00000245.